The summed E-state index contributed by atoms with van der Waals surface area (Å²) in [5, 5.41) is 0. The fourth-order valence-corrected chi connectivity index (χ4v) is 2.78. The van der Waals surface area contributed by atoms with Gasteiger partial charge in [0.2, 0.25) is 0 Å². The second kappa shape index (κ2) is 13.1. The Labute approximate surface area is 184 Å². The molecular formula is C26H30O5. The maximum Gasteiger partial charge on any atom is 0.336 e. The van der Waals surface area contributed by atoms with E-state index in [2.05, 4.69) is 6.58 Å². The van der Waals surface area contributed by atoms with Crippen molar-refractivity contribution in [1.29, 1.82) is 0 Å². The zero-order chi connectivity index (χ0) is 22.5. The molecule has 0 heterocycles. The summed E-state index contributed by atoms with van der Waals surface area (Å²) in [6, 6.07) is 13.3. The molecule has 0 atom stereocenters. The van der Waals surface area contributed by atoms with E-state index in [-0.39, 0.29) is 5.97 Å². The molecule has 0 spiro atoms. The minimum atomic E-state index is -0.409. The van der Waals surface area contributed by atoms with E-state index in [0.29, 0.717) is 19.0 Å². The number of carbonyl (C=O) groups is 2. The van der Waals surface area contributed by atoms with Crippen LogP contribution in [0, 0.1) is 13.8 Å². The Hall–Kier alpha value is -3.34. The smallest absolute Gasteiger partial charge is 0.336 e. The van der Waals surface area contributed by atoms with E-state index in [4.69, 9.17) is 14.2 Å². The quantitative estimate of drug-likeness (QED) is 0.193. The number of ether oxygens (including phenoxy) is 3. The Balaban J connectivity index is 1.67. The van der Waals surface area contributed by atoms with Crippen molar-refractivity contribution >= 4 is 18.0 Å². The van der Waals surface area contributed by atoms with Crippen LogP contribution in [0.25, 0.3) is 6.08 Å². The van der Waals surface area contributed by atoms with E-state index in [9.17, 15) is 9.59 Å². The average molecular weight is 423 g/mol. The monoisotopic (exact) mass is 422 g/mol. The van der Waals surface area contributed by atoms with Crippen molar-refractivity contribution in [3.8, 4) is 11.5 Å². The summed E-state index contributed by atoms with van der Waals surface area (Å²) in [7, 11) is 0. The molecule has 0 aliphatic rings. The van der Waals surface area contributed by atoms with Crippen LogP contribution in [-0.2, 0) is 14.3 Å². The first-order valence-electron chi connectivity index (χ1n) is 10.5. The third-order valence-electron chi connectivity index (χ3n) is 4.56. The van der Waals surface area contributed by atoms with Crippen LogP contribution in [0.4, 0.5) is 0 Å². The lowest BCUT2D eigenvalue weighted by atomic mass is 10.1. The lowest BCUT2D eigenvalue weighted by Gasteiger charge is -2.07. The Morgan fingerprint density at radius 1 is 0.903 bits per heavy atom. The zero-order valence-electron chi connectivity index (χ0n) is 18.3. The second-order valence-electron chi connectivity index (χ2n) is 7.23. The maximum absolute atomic E-state index is 12.1. The average Bonchev–Trinajstić information content (AvgIpc) is 2.77. The van der Waals surface area contributed by atoms with Gasteiger partial charge in [0.25, 0.3) is 0 Å². The van der Waals surface area contributed by atoms with Gasteiger partial charge in [0.1, 0.15) is 11.5 Å². The highest BCUT2D eigenvalue weighted by Crippen LogP contribution is 2.20. The normalized spacial score (nSPS) is 10.6. The van der Waals surface area contributed by atoms with Crippen molar-refractivity contribution in [3.05, 3.63) is 77.9 Å². The molecule has 0 saturated carbocycles. The van der Waals surface area contributed by atoms with Crippen LogP contribution in [-0.4, -0.2) is 25.2 Å². The Morgan fingerprint density at radius 3 is 2.32 bits per heavy atom. The molecule has 31 heavy (non-hydrogen) atoms. The highest BCUT2D eigenvalue weighted by Gasteiger charge is 2.04. The molecule has 0 radical (unpaired) electrons. The summed E-state index contributed by atoms with van der Waals surface area (Å²) < 4.78 is 16.1. The van der Waals surface area contributed by atoms with Crippen LogP contribution >= 0.6 is 0 Å². The minimum Gasteiger partial charge on any atom is -0.494 e. The van der Waals surface area contributed by atoms with Gasteiger partial charge in [-0.25, -0.2) is 9.59 Å². The number of aryl methyl sites for hydroxylation is 2. The molecular weight excluding hydrogens is 392 g/mol. The van der Waals surface area contributed by atoms with Crippen LogP contribution in [0.15, 0.2) is 61.2 Å². The van der Waals surface area contributed by atoms with Crippen molar-refractivity contribution in [1.82, 2.24) is 0 Å². The number of carbonyl (C=O) groups excluding carboxylic acids is 2. The van der Waals surface area contributed by atoms with Crippen molar-refractivity contribution < 1.29 is 23.8 Å². The summed E-state index contributed by atoms with van der Waals surface area (Å²) in [6.07, 6.45) is 8.08. The molecule has 0 saturated heterocycles. The van der Waals surface area contributed by atoms with Crippen LogP contribution < -0.4 is 9.47 Å². The minimum absolute atomic E-state index is 0.375. The van der Waals surface area contributed by atoms with Crippen molar-refractivity contribution in [2.45, 2.75) is 39.5 Å². The molecule has 0 fully saturated rings. The molecule has 5 heteroatoms. The van der Waals surface area contributed by atoms with Gasteiger partial charge in [-0.15, -0.1) is 0 Å². The number of benzene rings is 2. The highest BCUT2D eigenvalue weighted by molar-refractivity contribution is 5.88. The number of hydrogen-bond acceptors (Lipinski definition) is 5. The van der Waals surface area contributed by atoms with E-state index >= 15 is 0 Å². The Bertz CT molecular complexity index is 897. The fourth-order valence-electron chi connectivity index (χ4n) is 2.78. The largest absolute Gasteiger partial charge is 0.494 e. The topological polar surface area (TPSA) is 61.8 Å². The van der Waals surface area contributed by atoms with Crippen LogP contribution in [0.2, 0.25) is 0 Å². The number of unbranched alkanes of at least 4 members (excludes halogenated alkanes) is 3. The lowest BCUT2D eigenvalue weighted by Crippen LogP contribution is -2.05. The first kappa shape index (κ1) is 23.9. The third kappa shape index (κ3) is 9.34. The van der Waals surface area contributed by atoms with Gasteiger partial charge < -0.3 is 14.2 Å². The van der Waals surface area contributed by atoms with Crippen LogP contribution in [0.5, 0.6) is 11.5 Å². The molecule has 5 nitrogen and oxygen atoms in total. The van der Waals surface area contributed by atoms with Crippen molar-refractivity contribution in [2.24, 2.45) is 0 Å². The highest BCUT2D eigenvalue weighted by atomic mass is 16.5. The van der Waals surface area contributed by atoms with Crippen LogP contribution in [0.1, 0.15) is 42.4 Å². The zero-order valence-corrected chi connectivity index (χ0v) is 18.3. The maximum atomic E-state index is 12.1. The standard InChI is InChI=1S/C26H30O5/c1-4-25(27)30-18-8-6-5-7-17-29-23-14-11-22(12-15-23)13-16-26(28)31-24-19-20(2)9-10-21(24)3/h4,9-16,19H,1,5-8,17-18H2,2-3H3/b16-13+. The van der Waals surface area contributed by atoms with Gasteiger partial charge in [-0.3, -0.25) is 0 Å². The number of rotatable bonds is 12. The van der Waals surface area contributed by atoms with Gasteiger partial charge in [0, 0.05) is 12.2 Å². The molecule has 0 aliphatic heterocycles. The van der Waals surface area contributed by atoms with Gasteiger partial charge in [-0.1, -0.05) is 30.8 Å². The molecule has 0 amide bonds. The van der Waals surface area contributed by atoms with E-state index in [1.54, 1.807) is 6.08 Å². The molecule has 164 valence electrons. The lowest BCUT2D eigenvalue weighted by molar-refractivity contribution is -0.137. The molecule has 0 aliphatic carbocycles. The summed E-state index contributed by atoms with van der Waals surface area (Å²) >= 11 is 0. The molecule has 0 bridgehead atoms. The van der Waals surface area contributed by atoms with E-state index in [1.807, 2.05) is 56.3 Å². The SMILES string of the molecule is C=CC(=O)OCCCCCCOc1ccc(/C=C/C(=O)Oc2cc(C)ccc2C)cc1. The summed E-state index contributed by atoms with van der Waals surface area (Å²) in [5.74, 6) is 0.583. The van der Waals surface area contributed by atoms with Crippen molar-refractivity contribution in [3.63, 3.8) is 0 Å². The number of esters is 2. The molecule has 0 unspecified atom stereocenters. The summed E-state index contributed by atoms with van der Waals surface area (Å²) in [5.41, 5.74) is 2.85. The third-order valence-corrected chi connectivity index (χ3v) is 4.56. The Kier molecular flexibility index (Phi) is 10.1. The van der Waals surface area contributed by atoms with Crippen LogP contribution in [0.3, 0.4) is 0 Å². The van der Waals surface area contributed by atoms with Gasteiger partial charge in [-0.05, 0) is 80.5 Å². The molecule has 2 aromatic rings. The summed E-state index contributed by atoms with van der Waals surface area (Å²) in [4.78, 5) is 23.0. The Morgan fingerprint density at radius 2 is 1.61 bits per heavy atom. The number of hydrogen-bond donors (Lipinski definition) is 0. The van der Waals surface area contributed by atoms with E-state index < -0.39 is 5.97 Å². The first-order valence-corrected chi connectivity index (χ1v) is 10.5. The van der Waals surface area contributed by atoms with Crippen molar-refractivity contribution in [2.75, 3.05) is 13.2 Å². The van der Waals surface area contributed by atoms with Gasteiger partial charge >= 0.3 is 11.9 Å². The van der Waals surface area contributed by atoms with Gasteiger partial charge in [0.05, 0.1) is 13.2 Å². The van der Waals surface area contributed by atoms with Gasteiger partial charge in [0.15, 0.2) is 0 Å². The fraction of sp³-hybridized carbons (Fsp3) is 0.308. The molecule has 0 N–H and O–H groups in total. The molecule has 2 rings (SSSR count). The van der Waals surface area contributed by atoms with E-state index in [1.165, 1.54) is 12.2 Å². The summed E-state index contributed by atoms with van der Waals surface area (Å²) in [6.45, 7) is 8.28. The second-order valence-corrected chi connectivity index (χ2v) is 7.23. The predicted molar refractivity (Wildman–Crippen MR) is 122 cm³/mol. The van der Waals surface area contributed by atoms with E-state index in [0.717, 1.165) is 48.1 Å². The first-order chi connectivity index (χ1) is 15.0. The molecule has 2 aromatic carbocycles. The van der Waals surface area contributed by atoms with Gasteiger partial charge in [-0.2, -0.15) is 0 Å². The molecule has 0 aromatic heterocycles. The predicted octanol–water partition coefficient (Wildman–Crippen LogP) is 5.59.